The average molecular weight is 198 g/mol. The Morgan fingerprint density at radius 3 is 2.57 bits per heavy atom. The van der Waals surface area contributed by atoms with E-state index in [0.717, 1.165) is 19.0 Å². The third-order valence-corrected chi connectivity index (χ3v) is 3.58. The first-order chi connectivity index (χ1) is 6.70. The van der Waals surface area contributed by atoms with Crippen molar-refractivity contribution in [2.24, 2.45) is 11.7 Å². The Bertz CT molecular complexity index is 154. The third-order valence-electron chi connectivity index (χ3n) is 3.58. The summed E-state index contributed by atoms with van der Waals surface area (Å²) in [6.07, 6.45) is 8.11. The van der Waals surface area contributed by atoms with Crippen LogP contribution in [0.5, 0.6) is 0 Å². The van der Waals surface area contributed by atoms with E-state index >= 15 is 0 Å². The van der Waals surface area contributed by atoms with E-state index in [9.17, 15) is 0 Å². The average Bonchev–Trinajstić information content (AvgIpc) is 2.10. The first-order valence-electron chi connectivity index (χ1n) is 6.15. The molecule has 0 bridgehead atoms. The standard InChI is InChI=1S/C12H26N2/c1-3-8-12(2,10-13)14-9-7-11-5-4-6-11/h11,14H,3-10,13H2,1-2H3. The summed E-state index contributed by atoms with van der Waals surface area (Å²) in [6.45, 7) is 6.38. The van der Waals surface area contributed by atoms with Gasteiger partial charge in [-0.05, 0) is 32.2 Å². The minimum Gasteiger partial charge on any atom is -0.329 e. The molecule has 1 saturated carbocycles. The lowest BCUT2D eigenvalue weighted by molar-refractivity contribution is 0.264. The maximum Gasteiger partial charge on any atom is 0.0275 e. The molecule has 1 unspecified atom stereocenters. The summed E-state index contributed by atoms with van der Waals surface area (Å²) in [5.41, 5.74) is 5.97. The third kappa shape index (κ3) is 3.58. The van der Waals surface area contributed by atoms with Crippen LogP contribution in [0.1, 0.15) is 52.4 Å². The van der Waals surface area contributed by atoms with Gasteiger partial charge in [-0.3, -0.25) is 0 Å². The van der Waals surface area contributed by atoms with Gasteiger partial charge in [-0.1, -0.05) is 32.6 Å². The van der Waals surface area contributed by atoms with Crippen molar-refractivity contribution in [3.05, 3.63) is 0 Å². The number of rotatable bonds is 7. The highest BCUT2D eigenvalue weighted by molar-refractivity contribution is 4.84. The second kappa shape index (κ2) is 5.72. The number of nitrogens with two attached hydrogens (primary N) is 1. The summed E-state index contributed by atoms with van der Waals surface area (Å²) in [5.74, 6) is 1.01. The van der Waals surface area contributed by atoms with E-state index in [4.69, 9.17) is 5.73 Å². The zero-order valence-electron chi connectivity index (χ0n) is 9.81. The Morgan fingerprint density at radius 2 is 2.14 bits per heavy atom. The molecule has 0 amide bonds. The van der Waals surface area contributed by atoms with Crippen molar-refractivity contribution in [2.45, 2.75) is 57.9 Å². The van der Waals surface area contributed by atoms with E-state index in [1.165, 1.54) is 38.5 Å². The fraction of sp³-hybridized carbons (Fsp3) is 1.00. The van der Waals surface area contributed by atoms with Crippen LogP contribution in [0.3, 0.4) is 0 Å². The highest BCUT2D eigenvalue weighted by atomic mass is 15.0. The van der Waals surface area contributed by atoms with E-state index in [-0.39, 0.29) is 5.54 Å². The predicted molar refractivity (Wildman–Crippen MR) is 62.3 cm³/mol. The van der Waals surface area contributed by atoms with Crippen molar-refractivity contribution in [3.63, 3.8) is 0 Å². The SMILES string of the molecule is CCCC(C)(CN)NCCC1CCC1. The summed E-state index contributed by atoms with van der Waals surface area (Å²) < 4.78 is 0. The maximum atomic E-state index is 5.79. The molecule has 1 aliphatic carbocycles. The molecule has 2 heteroatoms. The van der Waals surface area contributed by atoms with Crippen LogP contribution in [0.25, 0.3) is 0 Å². The molecular formula is C12H26N2. The molecule has 1 atom stereocenters. The fourth-order valence-electron chi connectivity index (χ4n) is 2.17. The van der Waals surface area contributed by atoms with E-state index in [1.807, 2.05) is 0 Å². The lowest BCUT2D eigenvalue weighted by atomic mass is 9.83. The van der Waals surface area contributed by atoms with Crippen LogP contribution >= 0.6 is 0 Å². The quantitative estimate of drug-likeness (QED) is 0.658. The summed E-state index contributed by atoms with van der Waals surface area (Å²) in [4.78, 5) is 0. The normalized spacial score (nSPS) is 21.6. The molecule has 0 aliphatic heterocycles. The smallest absolute Gasteiger partial charge is 0.0275 e. The molecule has 1 aliphatic rings. The number of hydrogen-bond donors (Lipinski definition) is 2. The topological polar surface area (TPSA) is 38.0 Å². The van der Waals surface area contributed by atoms with Crippen LogP contribution in [0, 0.1) is 5.92 Å². The molecule has 2 nitrogen and oxygen atoms in total. The molecule has 0 radical (unpaired) electrons. The van der Waals surface area contributed by atoms with E-state index < -0.39 is 0 Å². The molecule has 84 valence electrons. The molecule has 1 fully saturated rings. The lowest BCUT2D eigenvalue weighted by Crippen LogP contribution is -2.49. The van der Waals surface area contributed by atoms with Gasteiger partial charge in [0.1, 0.15) is 0 Å². The Hall–Kier alpha value is -0.0800. The monoisotopic (exact) mass is 198 g/mol. The van der Waals surface area contributed by atoms with E-state index in [1.54, 1.807) is 0 Å². The second-order valence-electron chi connectivity index (χ2n) is 5.03. The van der Waals surface area contributed by atoms with Crippen molar-refractivity contribution in [2.75, 3.05) is 13.1 Å². The van der Waals surface area contributed by atoms with Gasteiger partial charge in [-0.2, -0.15) is 0 Å². The Labute approximate surface area is 88.6 Å². The van der Waals surface area contributed by atoms with Crippen molar-refractivity contribution in [1.82, 2.24) is 5.32 Å². The minimum absolute atomic E-state index is 0.179. The Balaban J connectivity index is 2.12. The maximum absolute atomic E-state index is 5.79. The van der Waals surface area contributed by atoms with Crippen LogP contribution in [0.2, 0.25) is 0 Å². The Kier molecular flexibility index (Phi) is 4.90. The molecule has 0 aromatic carbocycles. The molecule has 3 N–H and O–H groups in total. The van der Waals surface area contributed by atoms with Gasteiger partial charge in [-0.15, -0.1) is 0 Å². The summed E-state index contributed by atoms with van der Waals surface area (Å²) >= 11 is 0. The van der Waals surface area contributed by atoms with Crippen LogP contribution in [0.15, 0.2) is 0 Å². The van der Waals surface area contributed by atoms with Crippen molar-refractivity contribution in [1.29, 1.82) is 0 Å². The van der Waals surface area contributed by atoms with E-state index in [2.05, 4.69) is 19.2 Å². The number of hydrogen-bond acceptors (Lipinski definition) is 2. The summed E-state index contributed by atoms with van der Waals surface area (Å²) in [5, 5.41) is 3.62. The van der Waals surface area contributed by atoms with Crippen LogP contribution in [-0.2, 0) is 0 Å². The highest BCUT2D eigenvalue weighted by Gasteiger charge is 2.22. The molecule has 0 aromatic heterocycles. The van der Waals surface area contributed by atoms with Crippen molar-refractivity contribution < 1.29 is 0 Å². The predicted octanol–water partition coefficient (Wildman–Crippen LogP) is 2.28. The van der Waals surface area contributed by atoms with Gasteiger partial charge in [0.2, 0.25) is 0 Å². The fourth-order valence-corrected chi connectivity index (χ4v) is 2.17. The zero-order valence-corrected chi connectivity index (χ0v) is 9.81. The largest absolute Gasteiger partial charge is 0.329 e. The van der Waals surface area contributed by atoms with E-state index in [0.29, 0.717) is 0 Å². The van der Waals surface area contributed by atoms with Crippen LogP contribution < -0.4 is 11.1 Å². The van der Waals surface area contributed by atoms with Gasteiger partial charge in [0.25, 0.3) is 0 Å². The summed E-state index contributed by atoms with van der Waals surface area (Å²) in [7, 11) is 0. The van der Waals surface area contributed by atoms with Gasteiger partial charge < -0.3 is 11.1 Å². The molecule has 0 aromatic rings. The van der Waals surface area contributed by atoms with Gasteiger partial charge in [-0.25, -0.2) is 0 Å². The van der Waals surface area contributed by atoms with Gasteiger partial charge in [0.15, 0.2) is 0 Å². The first kappa shape index (κ1) is 12.0. The highest BCUT2D eigenvalue weighted by Crippen LogP contribution is 2.29. The molecule has 0 spiro atoms. The molecule has 0 saturated heterocycles. The van der Waals surface area contributed by atoms with Crippen LogP contribution in [0.4, 0.5) is 0 Å². The van der Waals surface area contributed by atoms with Crippen molar-refractivity contribution in [3.8, 4) is 0 Å². The van der Waals surface area contributed by atoms with Crippen molar-refractivity contribution >= 4 is 0 Å². The van der Waals surface area contributed by atoms with Gasteiger partial charge in [0.05, 0.1) is 0 Å². The van der Waals surface area contributed by atoms with Gasteiger partial charge in [0, 0.05) is 12.1 Å². The first-order valence-corrected chi connectivity index (χ1v) is 6.15. The Morgan fingerprint density at radius 1 is 1.43 bits per heavy atom. The summed E-state index contributed by atoms with van der Waals surface area (Å²) in [6, 6.07) is 0. The number of nitrogens with one attached hydrogen (secondary N) is 1. The molecular weight excluding hydrogens is 172 g/mol. The second-order valence-corrected chi connectivity index (χ2v) is 5.03. The molecule has 0 heterocycles. The van der Waals surface area contributed by atoms with Gasteiger partial charge >= 0.3 is 0 Å². The lowest BCUT2D eigenvalue weighted by Gasteiger charge is -2.32. The molecule has 14 heavy (non-hydrogen) atoms. The minimum atomic E-state index is 0.179. The van der Waals surface area contributed by atoms with Crippen LogP contribution in [-0.4, -0.2) is 18.6 Å². The zero-order chi connectivity index (χ0) is 10.4. The molecule has 1 rings (SSSR count).